The van der Waals surface area contributed by atoms with E-state index in [1.54, 1.807) is 20.4 Å². The van der Waals surface area contributed by atoms with Crippen LogP contribution in [0.4, 0.5) is 17.5 Å². The molecule has 0 saturated heterocycles. The van der Waals surface area contributed by atoms with E-state index in [4.69, 9.17) is 18.9 Å². The molecule has 4 rings (SSSR count). The lowest BCUT2D eigenvalue weighted by Crippen LogP contribution is -2.10. The van der Waals surface area contributed by atoms with Gasteiger partial charge in [0.1, 0.15) is 0 Å². The zero-order valence-corrected chi connectivity index (χ0v) is 16.1. The van der Waals surface area contributed by atoms with Crippen LogP contribution in [0.1, 0.15) is 5.56 Å². The number of nitrogens with zero attached hydrogens (tertiary/aromatic N) is 3. The molecule has 0 radical (unpaired) electrons. The van der Waals surface area contributed by atoms with Crippen LogP contribution in [0.25, 0.3) is 0 Å². The maximum Gasteiger partial charge on any atom is 0.244 e. The zero-order chi connectivity index (χ0) is 20.1. The number of hydrogen-bond donors (Lipinski definition) is 2. The highest BCUT2D eigenvalue weighted by molar-refractivity contribution is 5.61. The van der Waals surface area contributed by atoms with Crippen molar-refractivity contribution < 1.29 is 18.9 Å². The zero-order valence-electron chi connectivity index (χ0n) is 16.1. The highest BCUT2D eigenvalue weighted by Gasteiger charge is 2.13. The summed E-state index contributed by atoms with van der Waals surface area (Å²) in [5.74, 6) is 3.86. The molecular formula is C20H21N5O4. The maximum atomic E-state index is 5.39. The van der Waals surface area contributed by atoms with Gasteiger partial charge in [-0.1, -0.05) is 6.07 Å². The molecule has 2 aromatic carbocycles. The summed E-state index contributed by atoms with van der Waals surface area (Å²) in [5.41, 5.74) is 1.93. The van der Waals surface area contributed by atoms with Gasteiger partial charge in [0.15, 0.2) is 28.8 Å². The Kier molecular flexibility index (Phi) is 5.46. The molecule has 0 aliphatic carbocycles. The predicted octanol–water partition coefficient (Wildman–Crippen LogP) is 3.02. The van der Waals surface area contributed by atoms with Crippen LogP contribution in [0.3, 0.4) is 0 Å². The van der Waals surface area contributed by atoms with Gasteiger partial charge >= 0.3 is 0 Å². The Morgan fingerprint density at radius 1 is 1.00 bits per heavy atom. The van der Waals surface area contributed by atoms with Crippen molar-refractivity contribution >= 4 is 17.5 Å². The normalized spacial score (nSPS) is 11.8. The number of ether oxygens (including phenoxy) is 4. The predicted molar refractivity (Wildman–Crippen MR) is 107 cm³/mol. The summed E-state index contributed by atoms with van der Waals surface area (Å²) in [6.07, 6.45) is 2.33. The fourth-order valence-corrected chi connectivity index (χ4v) is 2.92. The van der Waals surface area contributed by atoms with Crippen molar-refractivity contribution in [1.82, 2.24) is 15.2 Å². The van der Waals surface area contributed by atoms with Crippen LogP contribution in [0.5, 0.6) is 23.0 Å². The highest BCUT2D eigenvalue weighted by atomic mass is 16.7. The Labute approximate surface area is 168 Å². The second-order valence-corrected chi connectivity index (χ2v) is 6.22. The monoisotopic (exact) mass is 395 g/mol. The number of fused-ring (bicyclic) bond motifs is 1. The minimum atomic E-state index is 0.238. The molecule has 0 atom stereocenters. The first-order valence-electron chi connectivity index (χ1n) is 9.06. The molecule has 0 fully saturated rings. The Bertz CT molecular complexity index is 998. The van der Waals surface area contributed by atoms with Gasteiger partial charge in [-0.2, -0.15) is 10.1 Å². The Hall–Kier alpha value is -3.75. The second kappa shape index (κ2) is 8.51. The van der Waals surface area contributed by atoms with Crippen molar-refractivity contribution in [2.75, 3.05) is 38.2 Å². The summed E-state index contributed by atoms with van der Waals surface area (Å²) in [5, 5.41) is 14.4. The van der Waals surface area contributed by atoms with Crippen molar-refractivity contribution in [3.8, 4) is 23.0 Å². The maximum absolute atomic E-state index is 5.39. The molecule has 0 amide bonds. The largest absolute Gasteiger partial charge is 0.493 e. The fraction of sp³-hybridized carbons (Fsp3) is 0.250. The van der Waals surface area contributed by atoms with Crippen LogP contribution < -0.4 is 29.6 Å². The minimum absolute atomic E-state index is 0.238. The summed E-state index contributed by atoms with van der Waals surface area (Å²) in [7, 11) is 3.24. The van der Waals surface area contributed by atoms with Gasteiger partial charge in [-0.05, 0) is 36.2 Å². The van der Waals surface area contributed by atoms with E-state index >= 15 is 0 Å². The quantitative estimate of drug-likeness (QED) is 0.596. The highest BCUT2D eigenvalue weighted by Crippen LogP contribution is 2.34. The number of nitrogens with one attached hydrogen (secondary N) is 2. The van der Waals surface area contributed by atoms with Gasteiger partial charge in [-0.15, -0.1) is 5.10 Å². The number of anilines is 3. The lowest BCUT2D eigenvalue weighted by Gasteiger charge is -2.10. The molecule has 2 heterocycles. The van der Waals surface area contributed by atoms with E-state index in [0.29, 0.717) is 35.6 Å². The van der Waals surface area contributed by atoms with Gasteiger partial charge in [0.25, 0.3) is 0 Å². The van der Waals surface area contributed by atoms with Crippen LogP contribution in [-0.2, 0) is 6.42 Å². The molecule has 0 unspecified atom stereocenters. The van der Waals surface area contributed by atoms with Crippen LogP contribution in [0.15, 0.2) is 42.6 Å². The summed E-state index contributed by atoms with van der Waals surface area (Å²) in [6.45, 7) is 0.882. The van der Waals surface area contributed by atoms with E-state index < -0.39 is 0 Å². The van der Waals surface area contributed by atoms with E-state index in [1.807, 2.05) is 36.4 Å². The first-order valence-corrected chi connectivity index (χ1v) is 9.06. The number of hydrogen-bond acceptors (Lipinski definition) is 9. The molecule has 3 aromatic rings. The Morgan fingerprint density at radius 2 is 1.86 bits per heavy atom. The van der Waals surface area contributed by atoms with E-state index in [1.165, 1.54) is 0 Å². The summed E-state index contributed by atoms with van der Waals surface area (Å²) in [6, 6.07) is 11.4. The third kappa shape index (κ3) is 4.40. The minimum Gasteiger partial charge on any atom is -0.493 e. The third-order valence-corrected chi connectivity index (χ3v) is 4.35. The molecule has 9 heteroatoms. The van der Waals surface area contributed by atoms with Crippen molar-refractivity contribution in [2.24, 2.45) is 0 Å². The smallest absolute Gasteiger partial charge is 0.244 e. The van der Waals surface area contributed by atoms with Crippen molar-refractivity contribution in [3.05, 3.63) is 48.2 Å². The molecule has 9 nitrogen and oxygen atoms in total. The summed E-state index contributed by atoms with van der Waals surface area (Å²) >= 11 is 0. The molecule has 0 saturated carbocycles. The van der Waals surface area contributed by atoms with Crippen LogP contribution in [-0.4, -0.2) is 42.7 Å². The average Bonchev–Trinajstić information content (AvgIpc) is 3.22. The molecule has 1 aliphatic heterocycles. The van der Waals surface area contributed by atoms with E-state index in [-0.39, 0.29) is 6.79 Å². The second-order valence-electron chi connectivity index (χ2n) is 6.22. The van der Waals surface area contributed by atoms with E-state index in [2.05, 4.69) is 25.8 Å². The van der Waals surface area contributed by atoms with Gasteiger partial charge in [-0.3, -0.25) is 0 Å². The molecule has 2 N–H and O–H groups in total. The number of rotatable bonds is 8. The van der Waals surface area contributed by atoms with Crippen LogP contribution >= 0.6 is 0 Å². The molecule has 29 heavy (non-hydrogen) atoms. The molecule has 1 aromatic heterocycles. The van der Waals surface area contributed by atoms with Gasteiger partial charge in [-0.25, -0.2) is 0 Å². The third-order valence-electron chi connectivity index (χ3n) is 4.35. The van der Waals surface area contributed by atoms with E-state index in [0.717, 1.165) is 23.4 Å². The standard InChI is InChI=1S/C20H21N5O4/c1-26-15-5-3-13(9-17(15)27-2)7-8-21-20-24-19(11-22-25-20)23-14-4-6-16-18(10-14)29-12-28-16/h3-6,9-11H,7-8,12H2,1-2H3,(H2,21,23,24,25). The summed E-state index contributed by atoms with van der Waals surface area (Å²) in [4.78, 5) is 4.44. The van der Waals surface area contributed by atoms with E-state index in [9.17, 15) is 0 Å². The average molecular weight is 395 g/mol. The van der Waals surface area contributed by atoms with Crippen molar-refractivity contribution in [3.63, 3.8) is 0 Å². The molecule has 1 aliphatic rings. The lowest BCUT2D eigenvalue weighted by atomic mass is 10.1. The van der Waals surface area contributed by atoms with Gasteiger partial charge in [0.05, 0.1) is 20.4 Å². The first-order chi connectivity index (χ1) is 14.2. The molecule has 0 spiro atoms. The SMILES string of the molecule is COc1ccc(CCNc2nncc(Nc3ccc4c(c3)OCO4)n2)cc1OC. The van der Waals surface area contributed by atoms with Crippen molar-refractivity contribution in [2.45, 2.75) is 6.42 Å². The van der Waals surface area contributed by atoms with Crippen LogP contribution in [0, 0.1) is 0 Å². The first kappa shape index (κ1) is 18.6. The topological polar surface area (TPSA) is 99.7 Å². The lowest BCUT2D eigenvalue weighted by molar-refractivity contribution is 0.174. The number of aromatic nitrogens is 3. The van der Waals surface area contributed by atoms with Crippen LogP contribution in [0.2, 0.25) is 0 Å². The van der Waals surface area contributed by atoms with Gasteiger partial charge < -0.3 is 29.6 Å². The summed E-state index contributed by atoms with van der Waals surface area (Å²) < 4.78 is 21.3. The molecular weight excluding hydrogens is 374 g/mol. The molecule has 0 bridgehead atoms. The number of methoxy groups -OCH3 is 2. The number of benzene rings is 2. The van der Waals surface area contributed by atoms with Crippen molar-refractivity contribution in [1.29, 1.82) is 0 Å². The fourth-order valence-electron chi connectivity index (χ4n) is 2.92. The molecule has 150 valence electrons. The van der Waals surface area contributed by atoms with Gasteiger partial charge in [0, 0.05) is 18.3 Å². The van der Waals surface area contributed by atoms with Gasteiger partial charge in [0.2, 0.25) is 12.7 Å². The Balaban J connectivity index is 1.35. The Morgan fingerprint density at radius 3 is 2.72 bits per heavy atom.